The zero-order chi connectivity index (χ0) is 18.7. The molecule has 26 heavy (non-hydrogen) atoms. The highest BCUT2D eigenvalue weighted by Crippen LogP contribution is 2.42. The summed E-state index contributed by atoms with van der Waals surface area (Å²) in [6.45, 7) is 0. The minimum Gasteiger partial charge on any atom is -0.497 e. The summed E-state index contributed by atoms with van der Waals surface area (Å²) in [7, 11) is 2.90. The number of esters is 1. The highest BCUT2D eigenvalue weighted by Gasteiger charge is 2.43. The van der Waals surface area contributed by atoms with Gasteiger partial charge in [0.25, 0.3) is 5.91 Å². The van der Waals surface area contributed by atoms with Crippen molar-refractivity contribution in [3.8, 4) is 5.75 Å². The van der Waals surface area contributed by atoms with Crippen molar-refractivity contribution in [3.63, 3.8) is 0 Å². The van der Waals surface area contributed by atoms with Gasteiger partial charge in [-0.1, -0.05) is 23.7 Å². The molecule has 1 aliphatic rings. The summed E-state index contributed by atoms with van der Waals surface area (Å²) in [5.74, 6) is 0.488. The number of hydrogen-bond donors (Lipinski definition) is 0. The van der Waals surface area contributed by atoms with E-state index < -0.39 is 12.0 Å². The number of ether oxygens (including phenoxy) is 2. The monoisotopic (exact) mass is 391 g/mol. The molecule has 0 radical (unpaired) electrons. The van der Waals surface area contributed by atoms with Crippen LogP contribution in [0.1, 0.15) is 21.3 Å². The van der Waals surface area contributed by atoms with Crippen LogP contribution in [-0.2, 0) is 9.53 Å². The molecule has 1 heterocycles. The molecular weight excluding hydrogens is 374 g/mol. The molecule has 2 atom stereocenters. The van der Waals surface area contributed by atoms with E-state index in [1.165, 1.54) is 18.9 Å². The van der Waals surface area contributed by atoms with Crippen molar-refractivity contribution in [2.75, 3.05) is 20.0 Å². The van der Waals surface area contributed by atoms with Crippen molar-refractivity contribution in [3.05, 3.63) is 64.7 Å². The van der Waals surface area contributed by atoms with Crippen molar-refractivity contribution in [2.45, 2.75) is 11.4 Å². The van der Waals surface area contributed by atoms with Gasteiger partial charge in [-0.15, -0.1) is 11.8 Å². The number of methoxy groups -OCH3 is 2. The molecule has 0 aromatic heterocycles. The molecule has 2 aromatic rings. The Hall–Kier alpha value is -2.18. The third-order valence-electron chi connectivity index (χ3n) is 4.20. The van der Waals surface area contributed by atoms with Crippen LogP contribution in [0.25, 0.3) is 0 Å². The average Bonchev–Trinajstić information content (AvgIpc) is 3.12. The normalized spacial score (nSPS) is 19.3. The third kappa shape index (κ3) is 3.66. The molecule has 0 N–H and O–H groups in total. The largest absolute Gasteiger partial charge is 0.497 e. The van der Waals surface area contributed by atoms with E-state index in [2.05, 4.69) is 0 Å². The number of hydrogen-bond acceptors (Lipinski definition) is 5. The summed E-state index contributed by atoms with van der Waals surface area (Å²) in [4.78, 5) is 27.0. The molecule has 0 bridgehead atoms. The van der Waals surface area contributed by atoms with Crippen molar-refractivity contribution in [1.82, 2.24) is 4.90 Å². The first-order valence-corrected chi connectivity index (χ1v) is 9.39. The van der Waals surface area contributed by atoms with Crippen LogP contribution in [0, 0.1) is 0 Å². The first-order chi connectivity index (χ1) is 12.5. The summed E-state index contributed by atoms with van der Waals surface area (Å²) in [6.07, 6.45) is 0. The first-order valence-electron chi connectivity index (χ1n) is 7.96. The number of thioether (sulfide) groups is 1. The number of benzene rings is 2. The zero-order valence-corrected chi connectivity index (χ0v) is 15.9. The van der Waals surface area contributed by atoms with E-state index in [4.69, 9.17) is 21.1 Å². The van der Waals surface area contributed by atoms with Gasteiger partial charge in [-0.3, -0.25) is 4.79 Å². The minimum absolute atomic E-state index is 0.229. The lowest BCUT2D eigenvalue weighted by atomic mass is 10.1. The van der Waals surface area contributed by atoms with Crippen LogP contribution in [0.2, 0.25) is 5.02 Å². The number of rotatable bonds is 4. The standard InChI is InChI=1S/C19H18ClNO4S/c1-24-15-9-5-12(6-10-15)17(22)21-16(19(23)25-2)11-26-18(21)13-3-7-14(20)8-4-13/h3-10,16,18H,11H2,1-2H3. The molecule has 3 rings (SSSR count). The van der Waals surface area contributed by atoms with E-state index in [0.717, 1.165) is 5.56 Å². The van der Waals surface area contributed by atoms with Crippen LogP contribution in [0.15, 0.2) is 48.5 Å². The molecule has 1 fully saturated rings. The van der Waals surface area contributed by atoms with Gasteiger partial charge in [-0.2, -0.15) is 0 Å². The highest BCUT2D eigenvalue weighted by atomic mass is 35.5. The molecule has 0 spiro atoms. The zero-order valence-electron chi connectivity index (χ0n) is 14.3. The Morgan fingerprint density at radius 2 is 1.73 bits per heavy atom. The number of amides is 1. The molecule has 1 amide bonds. The lowest BCUT2D eigenvalue weighted by molar-refractivity contribution is -0.145. The second-order valence-electron chi connectivity index (χ2n) is 5.72. The Morgan fingerprint density at radius 1 is 1.08 bits per heavy atom. The Kier molecular flexibility index (Phi) is 5.74. The molecule has 2 unspecified atom stereocenters. The van der Waals surface area contributed by atoms with Crippen molar-refractivity contribution >= 4 is 35.2 Å². The molecule has 136 valence electrons. The second-order valence-corrected chi connectivity index (χ2v) is 7.27. The van der Waals surface area contributed by atoms with E-state index in [1.54, 1.807) is 48.4 Å². The van der Waals surface area contributed by atoms with Gasteiger partial charge in [-0.25, -0.2) is 4.79 Å². The van der Waals surface area contributed by atoms with E-state index >= 15 is 0 Å². The van der Waals surface area contributed by atoms with Gasteiger partial charge in [0.15, 0.2) is 0 Å². The second kappa shape index (κ2) is 8.01. The maximum atomic E-state index is 13.2. The summed E-state index contributed by atoms with van der Waals surface area (Å²) < 4.78 is 10.0. The van der Waals surface area contributed by atoms with Crippen LogP contribution in [-0.4, -0.2) is 42.8 Å². The van der Waals surface area contributed by atoms with Gasteiger partial charge >= 0.3 is 5.97 Å². The van der Waals surface area contributed by atoms with Gasteiger partial charge in [0, 0.05) is 16.3 Å². The van der Waals surface area contributed by atoms with Crippen LogP contribution < -0.4 is 4.74 Å². The minimum atomic E-state index is -0.639. The quantitative estimate of drug-likeness (QED) is 0.742. The van der Waals surface area contributed by atoms with Gasteiger partial charge in [0.05, 0.1) is 14.2 Å². The van der Waals surface area contributed by atoms with Crippen LogP contribution in [0.5, 0.6) is 5.75 Å². The molecule has 0 aliphatic carbocycles. The summed E-state index contributed by atoms with van der Waals surface area (Å²) >= 11 is 7.50. The topological polar surface area (TPSA) is 55.8 Å². The molecule has 2 aromatic carbocycles. The Bertz CT molecular complexity index is 794. The van der Waals surface area contributed by atoms with Crippen LogP contribution >= 0.6 is 23.4 Å². The summed E-state index contributed by atoms with van der Waals surface area (Å²) in [5.41, 5.74) is 1.40. The SMILES string of the molecule is COC(=O)C1CSC(c2ccc(Cl)cc2)N1C(=O)c1ccc(OC)cc1. The fraction of sp³-hybridized carbons (Fsp3) is 0.263. The number of carbonyl (C=O) groups excluding carboxylic acids is 2. The molecule has 0 saturated carbocycles. The molecule has 7 heteroatoms. The van der Waals surface area contributed by atoms with Gasteiger partial charge in [-0.05, 0) is 42.0 Å². The number of halogens is 1. The smallest absolute Gasteiger partial charge is 0.329 e. The molecule has 1 saturated heterocycles. The number of nitrogens with zero attached hydrogens (tertiary/aromatic N) is 1. The van der Waals surface area contributed by atoms with Crippen molar-refractivity contribution in [2.24, 2.45) is 0 Å². The lowest BCUT2D eigenvalue weighted by Gasteiger charge is -2.28. The van der Waals surface area contributed by atoms with Gasteiger partial charge in [0.2, 0.25) is 0 Å². The summed E-state index contributed by atoms with van der Waals surface area (Å²) in [5, 5.41) is 0.334. The Morgan fingerprint density at radius 3 is 2.31 bits per heavy atom. The predicted octanol–water partition coefficient (Wildman–Crippen LogP) is 3.78. The molecular formula is C19H18ClNO4S. The van der Waals surface area contributed by atoms with E-state index in [1.807, 2.05) is 12.1 Å². The maximum absolute atomic E-state index is 13.2. The van der Waals surface area contributed by atoms with Crippen LogP contribution in [0.3, 0.4) is 0 Å². The lowest BCUT2D eigenvalue weighted by Crippen LogP contribution is -2.43. The van der Waals surface area contributed by atoms with E-state index in [9.17, 15) is 9.59 Å². The predicted molar refractivity (Wildman–Crippen MR) is 102 cm³/mol. The van der Waals surface area contributed by atoms with Gasteiger partial charge in [0.1, 0.15) is 17.2 Å². The first kappa shape index (κ1) is 18.6. The highest BCUT2D eigenvalue weighted by molar-refractivity contribution is 7.99. The number of carbonyl (C=O) groups is 2. The fourth-order valence-corrected chi connectivity index (χ4v) is 4.38. The maximum Gasteiger partial charge on any atom is 0.329 e. The molecule has 1 aliphatic heterocycles. The van der Waals surface area contributed by atoms with Gasteiger partial charge < -0.3 is 14.4 Å². The Balaban J connectivity index is 1.95. The Labute approximate surface area is 161 Å². The third-order valence-corrected chi connectivity index (χ3v) is 5.78. The van der Waals surface area contributed by atoms with Crippen molar-refractivity contribution in [1.29, 1.82) is 0 Å². The van der Waals surface area contributed by atoms with E-state index in [-0.39, 0.29) is 11.3 Å². The molecule has 5 nitrogen and oxygen atoms in total. The average molecular weight is 392 g/mol. The van der Waals surface area contributed by atoms with Crippen LogP contribution in [0.4, 0.5) is 0 Å². The summed E-state index contributed by atoms with van der Waals surface area (Å²) in [6, 6.07) is 13.5. The fourth-order valence-electron chi connectivity index (χ4n) is 2.84. The van der Waals surface area contributed by atoms with Crippen molar-refractivity contribution < 1.29 is 19.1 Å². The van der Waals surface area contributed by atoms with E-state index in [0.29, 0.717) is 22.1 Å².